The molecule has 1 aromatic heterocycles. The van der Waals surface area contributed by atoms with E-state index in [4.69, 9.17) is 21.7 Å². The standard InChI is InChI=1S/C19H26N6O2S/c1-26-15-4-5-17(27-2)16(14-15)23-19(28)22-8-9-24-10-12-25(13-11-24)18-20-6-3-7-21-18/h3-7,14H,8-13H2,1-2H3,(H2,22,23,28). The van der Waals surface area contributed by atoms with Gasteiger partial charge < -0.3 is 25.0 Å². The topological polar surface area (TPSA) is 74.8 Å². The second-order valence-electron chi connectivity index (χ2n) is 6.32. The van der Waals surface area contributed by atoms with Gasteiger partial charge in [-0.1, -0.05) is 0 Å². The van der Waals surface area contributed by atoms with E-state index in [2.05, 4.69) is 30.4 Å². The fourth-order valence-corrected chi connectivity index (χ4v) is 3.24. The van der Waals surface area contributed by atoms with Crippen LogP contribution in [0.2, 0.25) is 0 Å². The summed E-state index contributed by atoms with van der Waals surface area (Å²) in [4.78, 5) is 13.3. The van der Waals surface area contributed by atoms with Crippen molar-refractivity contribution in [1.82, 2.24) is 20.2 Å². The van der Waals surface area contributed by atoms with Gasteiger partial charge in [-0.3, -0.25) is 4.90 Å². The molecule has 2 N–H and O–H groups in total. The van der Waals surface area contributed by atoms with Gasteiger partial charge in [0.2, 0.25) is 5.95 Å². The van der Waals surface area contributed by atoms with E-state index in [0.29, 0.717) is 10.9 Å². The Kier molecular flexibility index (Phi) is 7.21. The summed E-state index contributed by atoms with van der Waals surface area (Å²) < 4.78 is 10.6. The zero-order chi connectivity index (χ0) is 19.8. The first-order valence-corrected chi connectivity index (χ1v) is 9.61. The number of aromatic nitrogens is 2. The Balaban J connectivity index is 1.40. The molecule has 1 aromatic carbocycles. The molecule has 0 saturated carbocycles. The Morgan fingerprint density at radius 2 is 1.86 bits per heavy atom. The van der Waals surface area contributed by atoms with Gasteiger partial charge in [-0.2, -0.15) is 0 Å². The number of anilines is 2. The molecule has 1 aliphatic heterocycles. The fraction of sp³-hybridized carbons (Fsp3) is 0.421. The second-order valence-corrected chi connectivity index (χ2v) is 6.73. The highest BCUT2D eigenvalue weighted by atomic mass is 32.1. The summed E-state index contributed by atoms with van der Waals surface area (Å²) in [7, 11) is 3.26. The van der Waals surface area contributed by atoms with Crippen LogP contribution in [0.3, 0.4) is 0 Å². The minimum Gasteiger partial charge on any atom is -0.497 e. The van der Waals surface area contributed by atoms with E-state index >= 15 is 0 Å². The summed E-state index contributed by atoms with van der Waals surface area (Å²) in [6, 6.07) is 7.39. The molecule has 0 unspecified atom stereocenters. The van der Waals surface area contributed by atoms with Crippen molar-refractivity contribution in [2.24, 2.45) is 0 Å². The van der Waals surface area contributed by atoms with Gasteiger partial charge in [0.1, 0.15) is 11.5 Å². The van der Waals surface area contributed by atoms with E-state index in [1.807, 2.05) is 24.3 Å². The van der Waals surface area contributed by atoms with Crippen LogP contribution >= 0.6 is 12.2 Å². The number of nitrogens with one attached hydrogen (secondary N) is 2. The number of ether oxygens (including phenoxy) is 2. The first-order valence-electron chi connectivity index (χ1n) is 9.21. The third kappa shape index (κ3) is 5.43. The molecule has 150 valence electrons. The van der Waals surface area contributed by atoms with Crippen LogP contribution in [-0.2, 0) is 0 Å². The van der Waals surface area contributed by atoms with Crippen LogP contribution in [0.4, 0.5) is 11.6 Å². The normalized spacial score (nSPS) is 14.4. The van der Waals surface area contributed by atoms with Gasteiger partial charge in [-0.05, 0) is 30.4 Å². The van der Waals surface area contributed by atoms with E-state index in [9.17, 15) is 0 Å². The van der Waals surface area contributed by atoms with E-state index in [1.165, 1.54) is 0 Å². The number of methoxy groups -OCH3 is 2. The minimum atomic E-state index is 0.558. The summed E-state index contributed by atoms with van der Waals surface area (Å²) in [5.41, 5.74) is 0.774. The van der Waals surface area contributed by atoms with Crippen molar-refractivity contribution in [2.45, 2.75) is 0 Å². The van der Waals surface area contributed by atoms with Gasteiger partial charge in [0.15, 0.2) is 5.11 Å². The number of thiocarbonyl (C=S) groups is 1. The SMILES string of the molecule is COc1ccc(OC)c(NC(=S)NCCN2CCN(c3ncccn3)CC2)c1. The van der Waals surface area contributed by atoms with Crippen LogP contribution < -0.4 is 25.0 Å². The maximum atomic E-state index is 5.41. The van der Waals surface area contributed by atoms with Gasteiger partial charge >= 0.3 is 0 Å². The molecule has 0 aliphatic carbocycles. The highest BCUT2D eigenvalue weighted by molar-refractivity contribution is 7.80. The molecule has 0 spiro atoms. The summed E-state index contributed by atoms with van der Waals surface area (Å²) in [6.07, 6.45) is 3.56. The largest absolute Gasteiger partial charge is 0.497 e. The second kappa shape index (κ2) is 10.0. The Morgan fingerprint density at radius 3 is 2.54 bits per heavy atom. The molecule has 0 bridgehead atoms. The molecular formula is C19H26N6O2S. The van der Waals surface area contributed by atoms with Crippen LogP contribution in [0, 0.1) is 0 Å². The lowest BCUT2D eigenvalue weighted by Crippen LogP contribution is -2.49. The number of piperazine rings is 1. The van der Waals surface area contributed by atoms with Crippen LogP contribution in [-0.4, -0.2) is 73.5 Å². The highest BCUT2D eigenvalue weighted by Crippen LogP contribution is 2.28. The average molecular weight is 403 g/mol. The average Bonchev–Trinajstić information content (AvgIpc) is 2.75. The van der Waals surface area contributed by atoms with Gasteiger partial charge in [0.05, 0.1) is 19.9 Å². The number of nitrogens with zero attached hydrogens (tertiary/aromatic N) is 4. The van der Waals surface area contributed by atoms with Gasteiger partial charge in [-0.25, -0.2) is 9.97 Å². The molecule has 0 radical (unpaired) electrons. The Morgan fingerprint density at radius 1 is 1.11 bits per heavy atom. The maximum absolute atomic E-state index is 5.41. The van der Waals surface area contributed by atoms with E-state index in [1.54, 1.807) is 26.6 Å². The highest BCUT2D eigenvalue weighted by Gasteiger charge is 2.18. The van der Waals surface area contributed by atoms with E-state index < -0.39 is 0 Å². The Labute approximate surface area is 170 Å². The number of hydrogen-bond donors (Lipinski definition) is 2. The van der Waals surface area contributed by atoms with Crippen LogP contribution in [0.5, 0.6) is 11.5 Å². The van der Waals surface area contributed by atoms with Crippen LogP contribution in [0.15, 0.2) is 36.7 Å². The molecule has 3 rings (SSSR count). The predicted molar refractivity (Wildman–Crippen MR) is 114 cm³/mol. The summed E-state index contributed by atoms with van der Waals surface area (Å²) >= 11 is 5.41. The summed E-state index contributed by atoms with van der Waals surface area (Å²) in [5, 5.41) is 6.99. The zero-order valence-electron chi connectivity index (χ0n) is 16.2. The molecule has 8 nitrogen and oxygen atoms in total. The number of hydrogen-bond acceptors (Lipinski definition) is 7. The summed E-state index contributed by atoms with van der Waals surface area (Å²) in [5.74, 6) is 2.26. The third-order valence-electron chi connectivity index (χ3n) is 4.58. The molecule has 9 heteroatoms. The van der Waals surface area contributed by atoms with Gasteiger partial charge in [0, 0.05) is 57.7 Å². The molecule has 2 heterocycles. The van der Waals surface area contributed by atoms with Crippen molar-refractivity contribution in [3.05, 3.63) is 36.7 Å². The summed E-state index contributed by atoms with van der Waals surface area (Å²) in [6.45, 7) is 5.48. The Hall–Kier alpha value is -2.65. The molecule has 1 fully saturated rings. The number of rotatable bonds is 7. The van der Waals surface area contributed by atoms with Gasteiger partial charge in [-0.15, -0.1) is 0 Å². The molecule has 1 saturated heterocycles. The van der Waals surface area contributed by atoms with Crippen molar-refractivity contribution < 1.29 is 9.47 Å². The minimum absolute atomic E-state index is 0.558. The van der Waals surface area contributed by atoms with E-state index in [-0.39, 0.29) is 0 Å². The quantitative estimate of drug-likeness (QED) is 0.672. The van der Waals surface area contributed by atoms with Gasteiger partial charge in [0.25, 0.3) is 0 Å². The zero-order valence-corrected chi connectivity index (χ0v) is 17.0. The maximum Gasteiger partial charge on any atom is 0.225 e. The van der Waals surface area contributed by atoms with E-state index in [0.717, 1.165) is 56.7 Å². The molecular weight excluding hydrogens is 376 g/mol. The van der Waals surface area contributed by atoms with Crippen molar-refractivity contribution in [3.8, 4) is 11.5 Å². The van der Waals surface area contributed by atoms with Crippen molar-refractivity contribution in [2.75, 3.05) is 63.7 Å². The third-order valence-corrected chi connectivity index (χ3v) is 4.82. The lowest BCUT2D eigenvalue weighted by molar-refractivity contribution is 0.260. The predicted octanol–water partition coefficient (Wildman–Crippen LogP) is 1.60. The number of benzene rings is 1. The Bertz CT molecular complexity index is 768. The molecule has 2 aromatic rings. The molecule has 28 heavy (non-hydrogen) atoms. The van der Waals surface area contributed by atoms with Crippen LogP contribution in [0.25, 0.3) is 0 Å². The lowest BCUT2D eigenvalue weighted by atomic mass is 10.2. The molecule has 1 aliphatic rings. The first-order chi connectivity index (χ1) is 13.7. The van der Waals surface area contributed by atoms with Crippen molar-refractivity contribution in [1.29, 1.82) is 0 Å². The first kappa shape index (κ1) is 20.1. The van der Waals surface area contributed by atoms with Crippen LogP contribution in [0.1, 0.15) is 0 Å². The smallest absolute Gasteiger partial charge is 0.225 e. The van der Waals surface area contributed by atoms with Crippen molar-refractivity contribution >= 4 is 29.0 Å². The van der Waals surface area contributed by atoms with Crippen molar-refractivity contribution in [3.63, 3.8) is 0 Å². The fourth-order valence-electron chi connectivity index (χ4n) is 3.03. The lowest BCUT2D eigenvalue weighted by Gasteiger charge is -2.34. The molecule has 0 atom stereocenters. The molecule has 0 amide bonds. The monoisotopic (exact) mass is 402 g/mol.